The van der Waals surface area contributed by atoms with Crippen LogP contribution in [-0.4, -0.2) is 49.3 Å². The van der Waals surface area contributed by atoms with Crippen molar-refractivity contribution in [1.82, 2.24) is 0 Å². The van der Waals surface area contributed by atoms with E-state index >= 15 is 0 Å². The van der Waals surface area contributed by atoms with E-state index in [1.54, 1.807) is 0 Å². The van der Waals surface area contributed by atoms with Gasteiger partial charge in [-0.25, -0.2) is 4.57 Å². The number of rotatable bonds is 33. The van der Waals surface area contributed by atoms with Gasteiger partial charge < -0.3 is 28.9 Å². The van der Waals surface area contributed by atoms with Gasteiger partial charge in [0, 0.05) is 45.1 Å². The monoisotopic (exact) mass is 781 g/mol. The highest BCUT2D eigenvalue weighted by molar-refractivity contribution is 7.47. The number of unbranched alkanes of at least 4 members (excludes halogenated alkanes) is 12. The maximum atomic E-state index is 12.6. The summed E-state index contributed by atoms with van der Waals surface area (Å²) in [5.74, 6) is 3.57. The molecule has 0 aromatic carbocycles. The lowest BCUT2D eigenvalue weighted by atomic mass is 10.0. The van der Waals surface area contributed by atoms with Gasteiger partial charge in [-0.15, -0.1) is 0 Å². The zero-order valence-electron chi connectivity index (χ0n) is 34.2. The molecule has 2 atom stereocenters. The number of hydrogen-bond acceptors (Lipinski definition) is 10. The number of carbonyl (C=O) groups is 2. The highest BCUT2D eigenvalue weighted by Crippen LogP contribution is 2.43. The molecule has 0 saturated heterocycles. The lowest BCUT2D eigenvalue weighted by molar-refractivity contribution is -0.161. The SMILES string of the molecule is CCCc1cc(C)c(CCCCCCCCCCC(=O)OC[C@H](COP(=O)(O)OCCN)OC(=O)CCCCCCCCc2oc(CCC)c(C)c2C)o1. The van der Waals surface area contributed by atoms with Crippen LogP contribution in [-0.2, 0) is 58.4 Å². The van der Waals surface area contributed by atoms with Crippen LogP contribution in [0.3, 0.4) is 0 Å². The number of phosphoric ester groups is 1. The zero-order valence-corrected chi connectivity index (χ0v) is 35.1. The first-order valence-corrected chi connectivity index (χ1v) is 22.3. The minimum Gasteiger partial charge on any atom is -0.466 e. The molecule has 310 valence electrons. The van der Waals surface area contributed by atoms with E-state index in [4.69, 9.17) is 33.1 Å². The van der Waals surface area contributed by atoms with Crippen molar-refractivity contribution in [3.8, 4) is 0 Å². The topological polar surface area (TPSA) is 161 Å². The average molecular weight is 782 g/mol. The summed E-state index contributed by atoms with van der Waals surface area (Å²) in [7, 11) is -4.40. The lowest BCUT2D eigenvalue weighted by Gasteiger charge is -2.19. The van der Waals surface area contributed by atoms with Crippen molar-refractivity contribution in [2.75, 3.05) is 26.4 Å². The molecular formula is C42H72NO10P. The van der Waals surface area contributed by atoms with Crippen LogP contribution in [0.5, 0.6) is 0 Å². The van der Waals surface area contributed by atoms with Crippen LogP contribution in [0, 0.1) is 20.8 Å². The number of ether oxygens (including phenoxy) is 2. The predicted molar refractivity (Wildman–Crippen MR) is 213 cm³/mol. The van der Waals surface area contributed by atoms with Crippen molar-refractivity contribution in [3.63, 3.8) is 0 Å². The minimum atomic E-state index is -4.40. The van der Waals surface area contributed by atoms with E-state index in [0.717, 1.165) is 119 Å². The first-order valence-electron chi connectivity index (χ1n) is 20.8. The molecule has 0 bridgehead atoms. The molecule has 0 fully saturated rings. The molecule has 0 aliphatic heterocycles. The summed E-state index contributed by atoms with van der Waals surface area (Å²) in [5, 5.41) is 0. The number of carbonyl (C=O) groups excluding carboxylic acids is 2. The second kappa shape index (κ2) is 28.0. The van der Waals surface area contributed by atoms with Crippen molar-refractivity contribution in [1.29, 1.82) is 0 Å². The van der Waals surface area contributed by atoms with Gasteiger partial charge in [0.15, 0.2) is 6.10 Å². The van der Waals surface area contributed by atoms with Gasteiger partial charge in [-0.1, -0.05) is 78.1 Å². The number of aryl methyl sites for hydroxylation is 5. The van der Waals surface area contributed by atoms with E-state index in [1.165, 1.54) is 36.0 Å². The molecule has 0 radical (unpaired) electrons. The number of esters is 2. The Morgan fingerprint density at radius 2 is 1.20 bits per heavy atom. The summed E-state index contributed by atoms with van der Waals surface area (Å²) in [4.78, 5) is 35.0. The molecule has 2 aromatic heterocycles. The zero-order chi connectivity index (χ0) is 39.6. The first kappa shape index (κ1) is 47.7. The van der Waals surface area contributed by atoms with Crippen molar-refractivity contribution >= 4 is 19.8 Å². The number of nitrogens with two attached hydrogens (primary N) is 1. The van der Waals surface area contributed by atoms with Gasteiger partial charge in [0.25, 0.3) is 0 Å². The Bertz CT molecular complexity index is 1370. The van der Waals surface area contributed by atoms with Crippen LogP contribution >= 0.6 is 7.82 Å². The van der Waals surface area contributed by atoms with Crippen LogP contribution in [0.25, 0.3) is 0 Å². The largest absolute Gasteiger partial charge is 0.472 e. The van der Waals surface area contributed by atoms with Crippen LogP contribution in [0.1, 0.15) is 169 Å². The molecular weight excluding hydrogens is 709 g/mol. The molecule has 2 heterocycles. The third kappa shape index (κ3) is 20.5. The molecule has 3 N–H and O–H groups in total. The summed E-state index contributed by atoms with van der Waals surface area (Å²) >= 11 is 0. The third-order valence-electron chi connectivity index (χ3n) is 9.78. The Kier molecular flexibility index (Phi) is 24.8. The highest BCUT2D eigenvalue weighted by atomic mass is 31.2. The van der Waals surface area contributed by atoms with Gasteiger partial charge in [0.05, 0.1) is 13.2 Å². The van der Waals surface area contributed by atoms with Gasteiger partial charge in [-0.05, 0) is 82.1 Å². The van der Waals surface area contributed by atoms with E-state index < -0.39 is 32.5 Å². The van der Waals surface area contributed by atoms with E-state index in [2.05, 4.69) is 40.7 Å². The third-order valence-corrected chi connectivity index (χ3v) is 10.8. The van der Waals surface area contributed by atoms with Gasteiger partial charge in [-0.2, -0.15) is 0 Å². The molecule has 2 aromatic rings. The first-order chi connectivity index (χ1) is 26.0. The summed E-state index contributed by atoms with van der Waals surface area (Å²) < 4.78 is 44.9. The second-order valence-corrected chi connectivity index (χ2v) is 16.1. The van der Waals surface area contributed by atoms with Gasteiger partial charge in [-0.3, -0.25) is 18.6 Å². The Labute approximate surface area is 325 Å². The van der Waals surface area contributed by atoms with Gasteiger partial charge in [0.1, 0.15) is 29.6 Å². The minimum absolute atomic E-state index is 0.0410. The van der Waals surface area contributed by atoms with Crippen molar-refractivity contribution in [2.45, 2.75) is 182 Å². The maximum Gasteiger partial charge on any atom is 0.472 e. The van der Waals surface area contributed by atoms with Crippen LogP contribution in [0.15, 0.2) is 14.9 Å². The Balaban J connectivity index is 1.60. The van der Waals surface area contributed by atoms with E-state index in [1.807, 2.05) is 0 Å². The van der Waals surface area contributed by atoms with Crippen LogP contribution in [0.2, 0.25) is 0 Å². The molecule has 54 heavy (non-hydrogen) atoms. The lowest BCUT2D eigenvalue weighted by Crippen LogP contribution is -2.29. The average Bonchev–Trinajstić information content (AvgIpc) is 3.63. The Hall–Kier alpha value is -2.43. The molecule has 0 aliphatic carbocycles. The molecule has 0 spiro atoms. The fraction of sp³-hybridized carbons (Fsp3) is 0.762. The molecule has 2 rings (SSSR count). The standard InChI is InChI=1S/C42H72NO10P/c1-6-22-36-30-33(3)38(51-36)24-18-14-10-8-9-11-16-20-26-41(44)48-31-37(32-50-54(46,47)49-29-28-43)52-42(45)27-21-17-13-12-15-19-25-40-35(5)34(4)39(53-40)23-7-2/h30,37H,6-29,31-32,43H2,1-5H3,(H,46,47)/t37-/m1/s1. The highest BCUT2D eigenvalue weighted by Gasteiger charge is 2.26. The Morgan fingerprint density at radius 3 is 1.78 bits per heavy atom. The molecule has 0 saturated carbocycles. The van der Waals surface area contributed by atoms with Crippen molar-refractivity contribution in [3.05, 3.63) is 45.8 Å². The molecule has 0 amide bonds. The second-order valence-electron chi connectivity index (χ2n) is 14.6. The molecule has 11 nitrogen and oxygen atoms in total. The van der Waals surface area contributed by atoms with Gasteiger partial charge >= 0.3 is 19.8 Å². The van der Waals surface area contributed by atoms with E-state index in [-0.39, 0.29) is 32.6 Å². The fourth-order valence-corrected chi connectivity index (χ4v) is 7.28. The van der Waals surface area contributed by atoms with Crippen molar-refractivity contribution < 1.29 is 46.4 Å². The van der Waals surface area contributed by atoms with Crippen LogP contribution < -0.4 is 5.73 Å². The van der Waals surface area contributed by atoms with E-state index in [0.29, 0.717) is 12.8 Å². The normalized spacial score (nSPS) is 13.2. The number of phosphoric acid groups is 1. The maximum absolute atomic E-state index is 12.6. The number of furan rings is 2. The van der Waals surface area contributed by atoms with Crippen molar-refractivity contribution in [2.24, 2.45) is 5.73 Å². The molecule has 1 unspecified atom stereocenters. The van der Waals surface area contributed by atoms with E-state index in [9.17, 15) is 19.0 Å². The molecule has 12 heteroatoms. The smallest absolute Gasteiger partial charge is 0.466 e. The molecule has 0 aliphatic rings. The van der Waals surface area contributed by atoms with Gasteiger partial charge in [0.2, 0.25) is 0 Å². The summed E-state index contributed by atoms with van der Waals surface area (Å²) in [6.45, 7) is 9.90. The summed E-state index contributed by atoms with van der Waals surface area (Å²) in [6.07, 6.45) is 19.8. The van der Waals surface area contributed by atoms with Crippen LogP contribution in [0.4, 0.5) is 0 Å². The summed E-state index contributed by atoms with van der Waals surface area (Å²) in [5.41, 5.74) is 9.18. The fourth-order valence-electron chi connectivity index (χ4n) is 6.51. The quantitative estimate of drug-likeness (QED) is 0.0403. The predicted octanol–water partition coefficient (Wildman–Crippen LogP) is 10.3. The summed E-state index contributed by atoms with van der Waals surface area (Å²) in [6, 6.07) is 2.17. The number of hydrogen-bond donors (Lipinski definition) is 2. The Morgan fingerprint density at radius 1 is 0.685 bits per heavy atom.